The second-order valence-corrected chi connectivity index (χ2v) is 6.14. The van der Waals surface area contributed by atoms with Gasteiger partial charge in [0.15, 0.2) is 0 Å². The van der Waals surface area contributed by atoms with Crippen molar-refractivity contribution >= 4 is 21.4 Å². The number of rotatable bonds is 2. The molecule has 0 fully saturated rings. The highest BCUT2D eigenvalue weighted by Crippen LogP contribution is 2.37. The molecule has 0 bridgehead atoms. The first-order chi connectivity index (χ1) is 9.09. The van der Waals surface area contributed by atoms with Crippen LogP contribution in [0.15, 0.2) is 27.8 Å². The lowest BCUT2D eigenvalue weighted by Crippen LogP contribution is -2.05. The molecule has 0 aliphatic rings. The Morgan fingerprint density at radius 3 is 2.40 bits per heavy atom. The number of alkyl halides is 3. The molecule has 20 heavy (non-hydrogen) atoms. The van der Waals surface area contributed by atoms with E-state index >= 15 is 0 Å². The number of sulfone groups is 1. The van der Waals surface area contributed by atoms with Crippen LogP contribution in [0.4, 0.5) is 13.2 Å². The lowest BCUT2D eigenvalue weighted by Gasteiger charge is -2.09. The van der Waals surface area contributed by atoms with Crippen LogP contribution in [0.5, 0.6) is 0 Å². The molecular weight excluding hydrogens is 321 g/mol. The first kappa shape index (κ1) is 14.8. The van der Waals surface area contributed by atoms with Gasteiger partial charge in [-0.25, -0.2) is 8.42 Å². The summed E-state index contributed by atoms with van der Waals surface area (Å²) in [6.45, 7) is 0. The summed E-state index contributed by atoms with van der Waals surface area (Å²) in [6, 6.07) is 2.95. The summed E-state index contributed by atoms with van der Waals surface area (Å²) in [5.74, 6) is -0.340. The van der Waals surface area contributed by atoms with Crippen molar-refractivity contribution in [2.75, 3.05) is 6.26 Å². The van der Waals surface area contributed by atoms with E-state index in [1.54, 1.807) is 0 Å². The minimum absolute atomic E-state index is 0.0795. The summed E-state index contributed by atoms with van der Waals surface area (Å²) in [5.41, 5.74) is -1.15. The summed E-state index contributed by atoms with van der Waals surface area (Å²) in [6.07, 6.45) is -3.81. The molecule has 1 aromatic heterocycles. The van der Waals surface area contributed by atoms with Crippen molar-refractivity contribution in [1.29, 1.82) is 0 Å². The Kier molecular flexibility index (Phi) is 3.51. The lowest BCUT2D eigenvalue weighted by molar-refractivity contribution is -0.137. The third-order valence-electron chi connectivity index (χ3n) is 2.24. The van der Waals surface area contributed by atoms with Crippen LogP contribution >= 0.6 is 11.6 Å². The van der Waals surface area contributed by atoms with Crippen molar-refractivity contribution < 1.29 is 26.0 Å². The van der Waals surface area contributed by atoms with Crippen LogP contribution in [0.3, 0.4) is 0 Å². The molecule has 0 saturated carbocycles. The average molecular weight is 327 g/mol. The molecule has 0 spiro atoms. The van der Waals surface area contributed by atoms with Crippen molar-refractivity contribution in [1.82, 2.24) is 10.2 Å². The van der Waals surface area contributed by atoms with Gasteiger partial charge in [0.25, 0.3) is 0 Å². The van der Waals surface area contributed by atoms with Gasteiger partial charge in [-0.1, -0.05) is 16.7 Å². The molecule has 10 heteroatoms. The van der Waals surface area contributed by atoms with E-state index in [0.717, 1.165) is 12.3 Å². The fourth-order valence-electron chi connectivity index (χ4n) is 1.35. The molecule has 5 nitrogen and oxygen atoms in total. The highest BCUT2D eigenvalue weighted by Gasteiger charge is 2.34. The average Bonchev–Trinajstić information content (AvgIpc) is 2.77. The summed E-state index contributed by atoms with van der Waals surface area (Å²) in [5, 5.41) is 5.51. The number of halogens is 4. The largest absolute Gasteiger partial charge is 0.417 e. The zero-order valence-electron chi connectivity index (χ0n) is 9.77. The maximum absolute atomic E-state index is 12.7. The highest BCUT2D eigenvalue weighted by molar-refractivity contribution is 7.90. The van der Waals surface area contributed by atoms with E-state index in [1.807, 2.05) is 0 Å². The monoisotopic (exact) mass is 326 g/mol. The van der Waals surface area contributed by atoms with Gasteiger partial charge in [0.2, 0.25) is 15.7 Å². The standard InChI is InChI=1S/C10H6ClF3N2O3S/c1-20(17,18)9-16-15-8(19-9)5-2-3-7(11)6(4-5)10(12,13)14/h2-4H,1H3. The third kappa shape index (κ3) is 2.93. The Labute approximate surface area is 116 Å². The second kappa shape index (κ2) is 4.74. The zero-order chi connectivity index (χ0) is 15.1. The molecule has 0 unspecified atom stereocenters. The van der Waals surface area contributed by atoms with Crippen LogP contribution in [0.25, 0.3) is 11.5 Å². The molecule has 1 heterocycles. The SMILES string of the molecule is CS(=O)(=O)c1nnc(-c2ccc(Cl)c(C(F)(F)F)c2)o1. The Balaban J connectivity index is 2.52. The molecule has 2 rings (SSSR count). The van der Waals surface area contributed by atoms with E-state index in [0.29, 0.717) is 6.07 Å². The summed E-state index contributed by atoms with van der Waals surface area (Å²) >= 11 is 5.46. The van der Waals surface area contributed by atoms with Crippen LogP contribution in [-0.4, -0.2) is 24.9 Å². The second-order valence-electron chi connectivity index (χ2n) is 3.84. The quantitative estimate of drug-likeness (QED) is 0.848. The molecule has 108 valence electrons. The molecule has 0 amide bonds. The normalized spacial score (nSPS) is 12.7. The Bertz CT molecular complexity index is 755. The van der Waals surface area contributed by atoms with Gasteiger partial charge in [0.05, 0.1) is 10.6 Å². The van der Waals surface area contributed by atoms with Gasteiger partial charge in [0, 0.05) is 11.8 Å². The maximum Gasteiger partial charge on any atom is 0.417 e. The van der Waals surface area contributed by atoms with Crippen molar-refractivity contribution in [3.05, 3.63) is 28.8 Å². The van der Waals surface area contributed by atoms with Crippen molar-refractivity contribution in [3.8, 4) is 11.5 Å². The molecule has 0 atom stereocenters. The number of nitrogens with zero attached hydrogens (tertiary/aromatic N) is 2. The van der Waals surface area contributed by atoms with Gasteiger partial charge >= 0.3 is 11.4 Å². The van der Waals surface area contributed by atoms with E-state index in [2.05, 4.69) is 10.2 Å². The van der Waals surface area contributed by atoms with Gasteiger partial charge in [-0.15, -0.1) is 5.10 Å². The van der Waals surface area contributed by atoms with Crippen LogP contribution in [-0.2, 0) is 16.0 Å². The van der Waals surface area contributed by atoms with Gasteiger partial charge in [-0.05, 0) is 18.2 Å². The maximum atomic E-state index is 12.7. The van der Waals surface area contributed by atoms with Crippen LogP contribution in [0, 0.1) is 0 Å². The first-order valence-electron chi connectivity index (χ1n) is 5.00. The molecule has 0 radical (unpaired) electrons. The number of hydrogen-bond donors (Lipinski definition) is 0. The molecule has 2 aromatic rings. The first-order valence-corrected chi connectivity index (χ1v) is 7.26. The molecular formula is C10H6ClF3N2O3S. The van der Waals surface area contributed by atoms with Crippen molar-refractivity contribution in [3.63, 3.8) is 0 Å². The predicted octanol–water partition coefficient (Wildman–Crippen LogP) is 2.81. The van der Waals surface area contributed by atoms with Crippen LogP contribution in [0.1, 0.15) is 5.56 Å². The fourth-order valence-corrected chi connectivity index (χ4v) is 2.00. The fraction of sp³-hybridized carbons (Fsp3) is 0.200. The molecule has 0 saturated heterocycles. The number of aromatic nitrogens is 2. The third-order valence-corrected chi connectivity index (χ3v) is 3.37. The van der Waals surface area contributed by atoms with Crippen molar-refractivity contribution in [2.24, 2.45) is 0 Å². The zero-order valence-corrected chi connectivity index (χ0v) is 11.3. The van der Waals surface area contributed by atoms with Crippen LogP contribution < -0.4 is 0 Å². The highest BCUT2D eigenvalue weighted by atomic mass is 35.5. The van der Waals surface area contributed by atoms with E-state index in [-0.39, 0.29) is 11.5 Å². The summed E-state index contributed by atoms with van der Waals surface area (Å²) in [4.78, 5) is 0. The van der Waals surface area contributed by atoms with Gasteiger partial charge in [-0.3, -0.25) is 0 Å². The minimum Gasteiger partial charge on any atom is -0.408 e. The number of benzene rings is 1. The van der Waals surface area contributed by atoms with E-state index < -0.39 is 31.8 Å². The minimum atomic E-state index is -4.65. The van der Waals surface area contributed by atoms with E-state index in [1.165, 1.54) is 6.07 Å². The van der Waals surface area contributed by atoms with Crippen LogP contribution in [0.2, 0.25) is 5.02 Å². The Morgan fingerprint density at radius 1 is 1.25 bits per heavy atom. The molecule has 0 N–H and O–H groups in total. The Morgan fingerprint density at radius 2 is 1.90 bits per heavy atom. The van der Waals surface area contributed by atoms with Gasteiger partial charge in [-0.2, -0.15) is 13.2 Å². The van der Waals surface area contributed by atoms with Gasteiger partial charge < -0.3 is 4.42 Å². The molecule has 0 aliphatic heterocycles. The smallest absolute Gasteiger partial charge is 0.408 e. The van der Waals surface area contributed by atoms with E-state index in [9.17, 15) is 21.6 Å². The van der Waals surface area contributed by atoms with E-state index in [4.69, 9.17) is 16.0 Å². The van der Waals surface area contributed by atoms with Crippen molar-refractivity contribution in [2.45, 2.75) is 11.4 Å². The lowest BCUT2D eigenvalue weighted by atomic mass is 10.1. The predicted molar refractivity (Wildman–Crippen MR) is 62.9 cm³/mol. The topological polar surface area (TPSA) is 73.1 Å². The molecule has 0 aliphatic carbocycles. The number of hydrogen-bond acceptors (Lipinski definition) is 5. The Hall–Kier alpha value is -1.61. The summed E-state index contributed by atoms with van der Waals surface area (Å²) in [7, 11) is -3.73. The molecule has 1 aromatic carbocycles. The van der Waals surface area contributed by atoms with Gasteiger partial charge in [0.1, 0.15) is 0 Å². The summed E-state index contributed by atoms with van der Waals surface area (Å²) < 4.78 is 65.2.